The number of carbonyl (C=O) groups is 1. The molecule has 124 valence electrons. The number of esters is 1. The van der Waals surface area contributed by atoms with Crippen molar-refractivity contribution in [3.8, 4) is 0 Å². The lowest BCUT2D eigenvalue weighted by Crippen LogP contribution is -2.40. The maximum absolute atomic E-state index is 12.3. The van der Waals surface area contributed by atoms with Gasteiger partial charge in [0.05, 0.1) is 28.2 Å². The second-order valence-electron chi connectivity index (χ2n) is 5.54. The maximum Gasteiger partial charge on any atom is 0.339 e. The number of rotatable bonds is 4. The highest BCUT2D eigenvalue weighted by Gasteiger charge is 2.27. The van der Waals surface area contributed by atoms with Crippen molar-refractivity contribution < 1.29 is 18.7 Å². The van der Waals surface area contributed by atoms with Gasteiger partial charge in [0.15, 0.2) is 0 Å². The number of furan rings is 1. The number of hydrogen-bond acceptors (Lipinski definition) is 5. The van der Waals surface area contributed by atoms with Crippen LogP contribution in [0, 0.1) is 3.57 Å². The summed E-state index contributed by atoms with van der Waals surface area (Å²) in [7, 11) is 1.41. The van der Waals surface area contributed by atoms with Crippen LogP contribution in [-0.2, 0) is 9.47 Å². The van der Waals surface area contributed by atoms with Crippen molar-refractivity contribution in [2.45, 2.75) is 25.8 Å². The minimum atomic E-state index is -0.328. The first kappa shape index (κ1) is 16.6. The summed E-state index contributed by atoms with van der Waals surface area (Å²) >= 11 is 2.24. The van der Waals surface area contributed by atoms with Crippen molar-refractivity contribution in [3.05, 3.63) is 27.5 Å². The molecule has 2 aromatic rings. The molecule has 1 aromatic heterocycles. The monoisotopic (exact) mass is 429 g/mol. The van der Waals surface area contributed by atoms with Crippen LogP contribution in [0.1, 0.15) is 30.1 Å². The summed E-state index contributed by atoms with van der Waals surface area (Å²) in [6, 6.07) is 4.26. The van der Waals surface area contributed by atoms with E-state index in [0.717, 1.165) is 47.2 Å². The summed E-state index contributed by atoms with van der Waals surface area (Å²) in [5.74, 6) is -0.328. The SMILES string of the molecule is CCN(c1cc2occc2c(C(=O)OC)c1I)C1CCOCC1. The molecule has 1 fully saturated rings. The highest BCUT2D eigenvalue weighted by Crippen LogP contribution is 2.36. The van der Waals surface area contributed by atoms with Gasteiger partial charge >= 0.3 is 5.97 Å². The number of anilines is 1. The molecule has 0 radical (unpaired) electrons. The smallest absolute Gasteiger partial charge is 0.339 e. The summed E-state index contributed by atoms with van der Waals surface area (Å²) in [6.45, 7) is 4.57. The van der Waals surface area contributed by atoms with Crippen LogP contribution in [0.4, 0.5) is 5.69 Å². The summed E-state index contributed by atoms with van der Waals surface area (Å²) < 4.78 is 16.9. The van der Waals surface area contributed by atoms with E-state index in [0.29, 0.717) is 17.2 Å². The average molecular weight is 429 g/mol. The molecule has 0 aliphatic carbocycles. The number of nitrogens with zero attached hydrogens (tertiary/aromatic N) is 1. The zero-order valence-electron chi connectivity index (χ0n) is 13.3. The van der Waals surface area contributed by atoms with Gasteiger partial charge in [-0.1, -0.05) is 0 Å². The lowest BCUT2D eigenvalue weighted by molar-refractivity contribution is 0.0601. The van der Waals surface area contributed by atoms with Crippen molar-refractivity contribution in [1.29, 1.82) is 0 Å². The van der Waals surface area contributed by atoms with Crippen LogP contribution >= 0.6 is 22.6 Å². The maximum atomic E-state index is 12.3. The molecule has 1 aliphatic rings. The lowest BCUT2D eigenvalue weighted by Gasteiger charge is -2.36. The Hall–Kier alpha value is -1.28. The first-order chi connectivity index (χ1) is 11.2. The number of halogens is 1. The Balaban J connectivity index is 2.12. The van der Waals surface area contributed by atoms with Crippen LogP contribution in [-0.4, -0.2) is 38.9 Å². The van der Waals surface area contributed by atoms with Gasteiger partial charge in [-0.05, 0) is 48.4 Å². The van der Waals surface area contributed by atoms with E-state index in [9.17, 15) is 4.79 Å². The van der Waals surface area contributed by atoms with Gasteiger partial charge in [-0.2, -0.15) is 0 Å². The normalized spacial score (nSPS) is 15.8. The summed E-state index contributed by atoms with van der Waals surface area (Å²) in [4.78, 5) is 14.6. The number of ether oxygens (including phenoxy) is 2. The molecule has 1 aliphatic heterocycles. The van der Waals surface area contributed by atoms with Gasteiger partial charge in [-0.3, -0.25) is 0 Å². The Labute approximate surface area is 149 Å². The number of carbonyl (C=O) groups excluding carboxylic acids is 1. The zero-order valence-corrected chi connectivity index (χ0v) is 15.5. The summed E-state index contributed by atoms with van der Waals surface area (Å²) in [5.41, 5.74) is 2.33. The predicted octanol–water partition coefficient (Wildman–Crippen LogP) is 3.83. The first-order valence-electron chi connectivity index (χ1n) is 7.79. The molecule has 2 heterocycles. The number of hydrogen-bond donors (Lipinski definition) is 0. The van der Waals surface area contributed by atoms with Gasteiger partial charge in [-0.15, -0.1) is 0 Å². The molecule has 0 amide bonds. The van der Waals surface area contributed by atoms with Crippen LogP contribution in [0.2, 0.25) is 0 Å². The van der Waals surface area contributed by atoms with Crippen LogP contribution in [0.3, 0.4) is 0 Å². The first-order valence-corrected chi connectivity index (χ1v) is 8.87. The Bertz CT molecular complexity index is 706. The molecule has 3 rings (SSSR count). The van der Waals surface area contributed by atoms with Crippen molar-refractivity contribution >= 4 is 45.2 Å². The lowest BCUT2D eigenvalue weighted by atomic mass is 10.0. The van der Waals surface area contributed by atoms with Gasteiger partial charge in [0.2, 0.25) is 0 Å². The fraction of sp³-hybridized carbons (Fsp3) is 0.471. The highest BCUT2D eigenvalue weighted by molar-refractivity contribution is 14.1. The molecular weight excluding hydrogens is 409 g/mol. The second kappa shape index (κ2) is 7.09. The molecule has 23 heavy (non-hydrogen) atoms. The molecule has 1 saturated heterocycles. The molecular formula is C17H20INO4. The van der Waals surface area contributed by atoms with Gasteiger partial charge in [0.1, 0.15) is 5.58 Å². The van der Waals surface area contributed by atoms with E-state index >= 15 is 0 Å². The van der Waals surface area contributed by atoms with E-state index in [4.69, 9.17) is 13.9 Å². The zero-order chi connectivity index (χ0) is 16.4. The van der Waals surface area contributed by atoms with Crippen LogP contribution in [0.15, 0.2) is 22.8 Å². The van der Waals surface area contributed by atoms with Crippen molar-refractivity contribution in [3.63, 3.8) is 0 Å². The molecule has 0 saturated carbocycles. The van der Waals surface area contributed by atoms with E-state index in [2.05, 4.69) is 34.4 Å². The Morgan fingerprint density at radius 3 is 2.83 bits per heavy atom. The quantitative estimate of drug-likeness (QED) is 0.547. The Morgan fingerprint density at radius 1 is 1.43 bits per heavy atom. The third-order valence-corrected chi connectivity index (χ3v) is 5.44. The third-order valence-electron chi connectivity index (χ3n) is 4.35. The number of methoxy groups -OCH3 is 1. The van der Waals surface area contributed by atoms with Crippen molar-refractivity contribution in [2.24, 2.45) is 0 Å². The van der Waals surface area contributed by atoms with E-state index in [-0.39, 0.29) is 5.97 Å². The van der Waals surface area contributed by atoms with E-state index in [1.54, 1.807) is 6.26 Å². The molecule has 0 bridgehead atoms. The molecule has 0 N–H and O–H groups in total. The molecule has 1 aromatic carbocycles. The van der Waals surface area contributed by atoms with Gasteiger partial charge in [0, 0.05) is 37.3 Å². The molecule has 0 atom stereocenters. The average Bonchev–Trinajstić information content (AvgIpc) is 3.04. The highest BCUT2D eigenvalue weighted by atomic mass is 127. The fourth-order valence-electron chi connectivity index (χ4n) is 3.21. The molecule has 0 spiro atoms. The molecule has 6 heteroatoms. The second-order valence-corrected chi connectivity index (χ2v) is 6.62. The minimum Gasteiger partial charge on any atom is -0.465 e. The number of fused-ring (bicyclic) bond motifs is 1. The third kappa shape index (κ3) is 3.06. The van der Waals surface area contributed by atoms with E-state index in [1.165, 1.54) is 7.11 Å². The van der Waals surface area contributed by atoms with Crippen LogP contribution in [0.5, 0.6) is 0 Å². The fourth-order valence-corrected chi connectivity index (χ4v) is 4.18. The van der Waals surface area contributed by atoms with Gasteiger partial charge in [-0.25, -0.2) is 4.79 Å². The Morgan fingerprint density at radius 2 is 2.17 bits per heavy atom. The summed E-state index contributed by atoms with van der Waals surface area (Å²) in [5, 5.41) is 0.799. The van der Waals surface area contributed by atoms with Crippen molar-refractivity contribution in [1.82, 2.24) is 0 Å². The standard InChI is InChI=1S/C17H20INO4/c1-3-19(11-4-7-22-8-5-11)13-10-14-12(6-9-23-14)15(16(13)18)17(20)21-2/h6,9-11H,3-5,7-8H2,1-2H3. The van der Waals surface area contributed by atoms with Crippen LogP contribution in [0.25, 0.3) is 11.0 Å². The molecule has 0 unspecified atom stereocenters. The number of benzene rings is 1. The van der Waals surface area contributed by atoms with Gasteiger partial charge < -0.3 is 18.8 Å². The predicted molar refractivity (Wildman–Crippen MR) is 97.1 cm³/mol. The largest absolute Gasteiger partial charge is 0.465 e. The topological polar surface area (TPSA) is 51.9 Å². The van der Waals surface area contributed by atoms with Crippen LogP contribution < -0.4 is 4.90 Å². The summed E-state index contributed by atoms with van der Waals surface area (Å²) in [6.07, 6.45) is 3.60. The minimum absolute atomic E-state index is 0.328. The van der Waals surface area contributed by atoms with Gasteiger partial charge in [0.25, 0.3) is 0 Å². The van der Waals surface area contributed by atoms with Crippen molar-refractivity contribution in [2.75, 3.05) is 31.8 Å². The molecule has 5 nitrogen and oxygen atoms in total. The van der Waals surface area contributed by atoms with E-state index < -0.39 is 0 Å². The Kier molecular flexibility index (Phi) is 5.11. The van der Waals surface area contributed by atoms with E-state index in [1.807, 2.05) is 12.1 Å².